The summed E-state index contributed by atoms with van der Waals surface area (Å²) in [5.74, 6) is -24.7. The fraction of sp³-hybridized carbons (Fsp3) is 0.750. The van der Waals surface area contributed by atoms with Crippen LogP contribution in [0.5, 0.6) is 0 Å². The van der Waals surface area contributed by atoms with Crippen LogP contribution in [0.4, 0.5) is 57.1 Å². The van der Waals surface area contributed by atoms with Crippen LogP contribution in [0.25, 0.3) is 0 Å². The number of esters is 1. The average molecular weight is 432 g/mol. The van der Waals surface area contributed by atoms with Crippen LogP contribution in [0.3, 0.4) is 0 Å². The number of halogens is 13. The lowest BCUT2D eigenvalue weighted by molar-refractivity contribution is -0.440. The lowest BCUT2D eigenvalue weighted by Crippen LogP contribution is -2.64. The predicted molar refractivity (Wildman–Crippen MR) is 60.6 cm³/mol. The average Bonchev–Trinajstić information content (AvgIpc) is 2.32. The first-order valence-corrected chi connectivity index (χ1v) is 6.49. The van der Waals surface area contributed by atoms with Gasteiger partial charge < -0.3 is 4.74 Å². The fourth-order valence-corrected chi connectivity index (χ4v) is 1.64. The van der Waals surface area contributed by atoms with Crippen molar-refractivity contribution in [3.63, 3.8) is 0 Å². The Hall–Kier alpha value is -1.70. The molecular weight excluding hydrogens is 423 g/mol. The second-order valence-electron chi connectivity index (χ2n) is 5.49. The Bertz CT molecular complexity index is 583. The van der Waals surface area contributed by atoms with E-state index >= 15 is 0 Å². The number of carbonyl (C=O) groups excluding carboxylic acids is 1. The molecule has 0 aliphatic carbocycles. The molecule has 0 saturated heterocycles. The Morgan fingerprint density at radius 2 is 1.22 bits per heavy atom. The maximum atomic E-state index is 13.6. The molecule has 0 spiro atoms. The van der Waals surface area contributed by atoms with Crippen LogP contribution < -0.4 is 0 Å². The molecule has 0 heterocycles. The van der Waals surface area contributed by atoms with E-state index in [9.17, 15) is 61.9 Å². The summed E-state index contributed by atoms with van der Waals surface area (Å²) < 4.78 is 168. The number of alkyl halides is 11. The first kappa shape index (κ1) is 25.3. The van der Waals surface area contributed by atoms with Gasteiger partial charge in [-0.3, -0.25) is 0 Å². The topological polar surface area (TPSA) is 26.3 Å². The molecule has 0 aliphatic rings. The first-order chi connectivity index (χ1) is 11.6. The maximum Gasteiger partial charge on any atom is 0.467 e. The van der Waals surface area contributed by atoms with Crippen molar-refractivity contribution < 1.29 is 66.6 Å². The molecule has 2 nitrogen and oxygen atoms in total. The molecule has 0 amide bonds. The van der Waals surface area contributed by atoms with Gasteiger partial charge in [0, 0.05) is 6.42 Å². The van der Waals surface area contributed by atoms with Crippen LogP contribution in [0, 0.1) is 5.92 Å². The van der Waals surface area contributed by atoms with E-state index in [1.807, 2.05) is 0 Å². The second kappa shape index (κ2) is 7.37. The third-order valence-electron chi connectivity index (χ3n) is 2.78. The summed E-state index contributed by atoms with van der Waals surface area (Å²) in [6.07, 6.45) is -20.1. The Labute approximate surface area is 141 Å². The van der Waals surface area contributed by atoms with E-state index < -0.39 is 60.0 Å². The maximum absolute atomic E-state index is 13.6. The third-order valence-corrected chi connectivity index (χ3v) is 2.78. The van der Waals surface area contributed by atoms with Crippen molar-refractivity contribution in [1.82, 2.24) is 0 Å². The molecule has 0 rings (SSSR count). The smallest absolute Gasteiger partial charge is 0.411 e. The van der Waals surface area contributed by atoms with Gasteiger partial charge in [-0.25, -0.2) is 13.6 Å². The van der Waals surface area contributed by atoms with Gasteiger partial charge in [0.05, 0.1) is 0 Å². The summed E-state index contributed by atoms with van der Waals surface area (Å²) in [5.41, 5.74) is -3.28. The fourth-order valence-electron chi connectivity index (χ4n) is 1.64. The van der Waals surface area contributed by atoms with Gasteiger partial charge in [-0.05, 0) is 5.92 Å². The SMILES string of the molecule is CC(C)CC(F)(F)C(C(=O)OC(F)(C(F)(F)F)C(F)(F)C(F)(F)F)=C(F)F. The quantitative estimate of drug-likeness (QED) is 0.302. The predicted octanol–water partition coefficient (Wildman–Crippen LogP) is 5.79. The van der Waals surface area contributed by atoms with Crippen molar-refractivity contribution in [2.45, 2.75) is 50.3 Å². The van der Waals surface area contributed by atoms with Gasteiger partial charge in [0.1, 0.15) is 0 Å². The lowest BCUT2D eigenvalue weighted by atomic mass is 9.99. The second-order valence-corrected chi connectivity index (χ2v) is 5.49. The van der Waals surface area contributed by atoms with E-state index in [1.165, 1.54) is 0 Å². The van der Waals surface area contributed by atoms with Gasteiger partial charge in [-0.1, -0.05) is 13.8 Å². The molecule has 0 aromatic heterocycles. The van der Waals surface area contributed by atoms with Crippen LogP contribution in [-0.4, -0.2) is 36.0 Å². The summed E-state index contributed by atoms with van der Waals surface area (Å²) in [4.78, 5) is 11.2. The zero-order chi connectivity index (χ0) is 22.2. The van der Waals surface area contributed by atoms with E-state index in [0.717, 1.165) is 13.8 Å². The van der Waals surface area contributed by atoms with E-state index in [1.54, 1.807) is 0 Å². The third kappa shape index (κ3) is 4.97. The highest BCUT2D eigenvalue weighted by molar-refractivity contribution is 5.91. The number of hydrogen-bond donors (Lipinski definition) is 0. The summed E-state index contributed by atoms with van der Waals surface area (Å²) >= 11 is 0. The number of hydrogen-bond acceptors (Lipinski definition) is 2. The van der Waals surface area contributed by atoms with Crippen LogP contribution in [0.15, 0.2) is 11.7 Å². The Kier molecular flexibility index (Phi) is 6.91. The van der Waals surface area contributed by atoms with Gasteiger partial charge in [0.15, 0.2) is 5.57 Å². The first-order valence-electron chi connectivity index (χ1n) is 6.49. The molecule has 27 heavy (non-hydrogen) atoms. The summed E-state index contributed by atoms with van der Waals surface area (Å²) in [6, 6.07) is 0. The molecule has 0 aromatic carbocycles. The molecule has 0 radical (unpaired) electrons. The van der Waals surface area contributed by atoms with Crippen molar-refractivity contribution in [2.24, 2.45) is 5.92 Å². The normalized spacial score (nSPS) is 16.1. The largest absolute Gasteiger partial charge is 0.467 e. The number of carbonyl (C=O) groups is 1. The van der Waals surface area contributed by atoms with Gasteiger partial charge in [0.25, 0.3) is 12.0 Å². The number of rotatable bonds is 6. The lowest BCUT2D eigenvalue weighted by Gasteiger charge is -2.35. The molecule has 0 fully saturated rings. The molecular formula is C12H9F13O2. The van der Waals surface area contributed by atoms with Gasteiger partial charge in [0.2, 0.25) is 0 Å². The van der Waals surface area contributed by atoms with Crippen LogP contribution in [0.1, 0.15) is 20.3 Å². The minimum absolute atomic E-state index is 0.958. The molecule has 1 unspecified atom stereocenters. The Balaban J connectivity index is 6.31. The summed E-state index contributed by atoms with van der Waals surface area (Å²) in [6.45, 7) is 1.92. The van der Waals surface area contributed by atoms with Gasteiger partial charge in [-0.15, -0.1) is 0 Å². The molecule has 1 atom stereocenters. The summed E-state index contributed by atoms with van der Waals surface area (Å²) in [7, 11) is 0. The molecule has 160 valence electrons. The molecule has 0 bridgehead atoms. The standard InChI is InChI=1S/C12H9F13O2/c1-4(2)3-8(15,16)5(6(13)14)7(26)27-10(19,12(23,24)25)9(17,18)11(20,21)22/h4H,3H2,1-2H3. The monoisotopic (exact) mass is 432 g/mol. The molecule has 0 aromatic rings. The van der Waals surface area contributed by atoms with Crippen LogP contribution >= 0.6 is 0 Å². The van der Waals surface area contributed by atoms with Crippen molar-refractivity contribution in [2.75, 3.05) is 0 Å². The van der Waals surface area contributed by atoms with Crippen molar-refractivity contribution in [3.05, 3.63) is 11.7 Å². The highest BCUT2D eigenvalue weighted by Gasteiger charge is 2.84. The highest BCUT2D eigenvalue weighted by atomic mass is 19.4. The molecule has 0 saturated carbocycles. The van der Waals surface area contributed by atoms with E-state index in [0.29, 0.717) is 0 Å². The Morgan fingerprint density at radius 1 is 0.815 bits per heavy atom. The van der Waals surface area contributed by atoms with E-state index in [2.05, 4.69) is 4.74 Å². The van der Waals surface area contributed by atoms with Crippen molar-refractivity contribution >= 4 is 5.97 Å². The molecule has 0 N–H and O–H groups in total. The van der Waals surface area contributed by atoms with Gasteiger partial charge in [-0.2, -0.15) is 48.3 Å². The van der Waals surface area contributed by atoms with Gasteiger partial charge >= 0.3 is 30.1 Å². The summed E-state index contributed by atoms with van der Waals surface area (Å²) in [5, 5.41) is 0. The van der Waals surface area contributed by atoms with Crippen molar-refractivity contribution in [3.8, 4) is 0 Å². The van der Waals surface area contributed by atoms with Crippen LogP contribution in [-0.2, 0) is 9.53 Å². The Morgan fingerprint density at radius 3 is 1.48 bits per heavy atom. The minimum Gasteiger partial charge on any atom is -0.411 e. The molecule has 15 heteroatoms. The zero-order valence-electron chi connectivity index (χ0n) is 13.0. The molecule has 0 aliphatic heterocycles. The van der Waals surface area contributed by atoms with Crippen LogP contribution in [0.2, 0.25) is 0 Å². The van der Waals surface area contributed by atoms with E-state index in [4.69, 9.17) is 0 Å². The van der Waals surface area contributed by atoms with Crippen molar-refractivity contribution in [1.29, 1.82) is 0 Å². The highest BCUT2D eigenvalue weighted by Crippen LogP contribution is 2.54. The minimum atomic E-state index is -7.50. The van der Waals surface area contributed by atoms with E-state index in [-0.39, 0.29) is 0 Å². The number of ether oxygens (including phenoxy) is 1. The zero-order valence-corrected chi connectivity index (χ0v) is 13.0.